The zero-order valence-corrected chi connectivity index (χ0v) is 5.92. The molecule has 0 aromatic heterocycles. The van der Waals surface area contributed by atoms with Crippen LogP contribution in [0, 0.1) is 11.8 Å². The largest absolute Gasteiger partial charge is 2.00 e. The van der Waals surface area contributed by atoms with E-state index in [9.17, 15) is 0 Å². The minimum atomic E-state index is 0. The third-order valence-electron chi connectivity index (χ3n) is 0. The molecule has 0 bridgehead atoms. The normalized spacial score (nSPS) is 0.500. The molecular weight excluding hydrogens is 152 g/mol. The van der Waals surface area contributed by atoms with Gasteiger partial charge in [-0.2, -0.15) is 0 Å². The minimum Gasteiger partial charge on any atom is -0.512 e. The summed E-state index contributed by atoms with van der Waals surface area (Å²) >= 11 is 0. The zero-order chi connectivity index (χ0) is 2.00. The summed E-state index contributed by atoms with van der Waals surface area (Å²) in [6.07, 6.45) is 0. The fourth-order valence-electron chi connectivity index (χ4n) is 0. The molecule has 0 aliphatic carbocycles. The third-order valence-corrected chi connectivity index (χ3v) is 0. The molecule has 0 heterocycles. The Morgan fingerprint density at radius 3 is 1.25 bits per heavy atom. The summed E-state index contributed by atoms with van der Waals surface area (Å²) in [5.74, 6) is 0. The van der Waals surface area contributed by atoms with E-state index in [2.05, 4.69) is 0 Å². The quantitative estimate of drug-likeness (QED) is 0.270. The summed E-state index contributed by atoms with van der Waals surface area (Å²) in [6, 6.07) is 0. The van der Waals surface area contributed by atoms with Gasteiger partial charge in [-0.15, -0.1) is 0 Å². The Kier molecular flexibility index (Phi) is 156. The molecule has 4 heavy (non-hydrogen) atoms. The molecule has 3 heteroatoms. The van der Waals surface area contributed by atoms with Gasteiger partial charge in [0.15, 0.2) is 0 Å². The second-order valence-electron chi connectivity index (χ2n) is 0. The molecule has 1 radical (unpaired) electrons. The summed E-state index contributed by atoms with van der Waals surface area (Å²) in [6.45, 7) is 4.75. The van der Waals surface area contributed by atoms with E-state index < -0.39 is 0 Å². The third kappa shape index (κ3) is 11.2. The first kappa shape index (κ1) is 19.4. The smallest absolute Gasteiger partial charge is 0.512 e. The number of hydrogen-bond donors (Lipinski definition) is 0. The van der Waals surface area contributed by atoms with Crippen LogP contribution in [0.3, 0.4) is 0 Å². The van der Waals surface area contributed by atoms with Crippen molar-refractivity contribution in [3.8, 4) is 0 Å². The van der Waals surface area contributed by atoms with E-state index in [0.717, 1.165) is 0 Å². The number of hydrogen-bond acceptors (Lipinski definition) is 1. The number of nitrogens with zero attached hydrogens (tertiary/aromatic N) is 1. The first-order chi connectivity index (χ1) is 1.00. The summed E-state index contributed by atoms with van der Waals surface area (Å²) < 4.78 is 0. The maximum Gasteiger partial charge on any atom is 2.00 e. The van der Waals surface area contributed by atoms with Crippen LogP contribution in [0.5, 0.6) is 0 Å². The monoisotopic (exact) mass is 152 g/mol. The van der Waals surface area contributed by atoms with Gasteiger partial charge in [-0.25, -0.2) is 0 Å². The van der Waals surface area contributed by atoms with E-state index in [1.54, 1.807) is 0 Å². The van der Waals surface area contributed by atoms with Crippen molar-refractivity contribution in [2.45, 2.75) is 0 Å². The molecule has 0 saturated heterocycles. The van der Waals surface area contributed by atoms with Crippen molar-refractivity contribution in [2.75, 3.05) is 0 Å². The Balaban J connectivity index is -0.00000000500. The first-order valence-corrected chi connectivity index (χ1v) is 0.224. The van der Waals surface area contributed by atoms with Crippen molar-refractivity contribution in [1.29, 1.82) is 5.26 Å². The van der Waals surface area contributed by atoms with Crippen molar-refractivity contribution in [1.82, 2.24) is 0 Å². The minimum absolute atomic E-state index is 0. The molecule has 17 valence electrons. The van der Waals surface area contributed by atoms with Crippen LogP contribution in [0.4, 0.5) is 0 Å². The molecule has 1 nitrogen and oxygen atoms in total. The fraction of sp³-hybridized carbons (Fsp3) is 0. The molecular formula is CNNaRh+2. The summed E-state index contributed by atoms with van der Waals surface area (Å²) in [4.78, 5) is 0. The van der Waals surface area contributed by atoms with Crippen molar-refractivity contribution in [2.24, 2.45) is 0 Å². The molecule has 0 spiro atoms. The molecule has 0 unspecified atom stereocenters. The van der Waals surface area contributed by atoms with E-state index in [1.165, 1.54) is 0 Å². The molecule has 0 aromatic carbocycles. The SMILES string of the molecule is [C-]#N.[Na+].[Rh+2]. The van der Waals surface area contributed by atoms with Crippen molar-refractivity contribution in [3.63, 3.8) is 0 Å². The van der Waals surface area contributed by atoms with E-state index in [4.69, 9.17) is 11.8 Å². The second kappa shape index (κ2) is 32.2. The van der Waals surface area contributed by atoms with Crippen LogP contribution < -0.4 is 29.6 Å². The van der Waals surface area contributed by atoms with Gasteiger partial charge < -0.3 is 11.8 Å². The molecule has 0 aliphatic heterocycles. The van der Waals surface area contributed by atoms with Gasteiger partial charge >= 0.3 is 49.0 Å². The molecule has 0 fully saturated rings. The molecule has 0 aliphatic rings. The average molecular weight is 152 g/mol. The zero-order valence-electron chi connectivity index (χ0n) is 2.28. The van der Waals surface area contributed by atoms with Crippen LogP contribution in [-0.4, -0.2) is 0 Å². The Morgan fingerprint density at radius 2 is 1.25 bits per heavy atom. The van der Waals surface area contributed by atoms with Gasteiger partial charge in [0.1, 0.15) is 0 Å². The van der Waals surface area contributed by atoms with E-state index in [0.29, 0.717) is 0 Å². The Bertz CT molecular complexity index is 12.8. The first-order valence-electron chi connectivity index (χ1n) is 0.224. The summed E-state index contributed by atoms with van der Waals surface area (Å²) in [5, 5.41) is 6.25. The van der Waals surface area contributed by atoms with Gasteiger partial charge in [0.25, 0.3) is 0 Å². The van der Waals surface area contributed by atoms with Crippen molar-refractivity contribution >= 4 is 0 Å². The molecule has 0 saturated carbocycles. The van der Waals surface area contributed by atoms with Crippen LogP contribution >= 0.6 is 0 Å². The standard InChI is InChI=1S/CN.Na.Rh/c1-2;;/q-1;+1;+2. The Hall–Kier alpha value is 1.11. The summed E-state index contributed by atoms with van der Waals surface area (Å²) in [5.41, 5.74) is 0. The van der Waals surface area contributed by atoms with E-state index in [-0.39, 0.29) is 49.0 Å². The van der Waals surface area contributed by atoms with Gasteiger partial charge in [0.05, 0.1) is 0 Å². The van der Waals surface area contributed by atoms with Crippen molar-refractivity contribution in [3.05, 3.63) is 6.57 Å². The molecule has 0 rings (SSSR count). The van der Waals surface area contributed by atoms with Gasteiger partial charge in [-0.1, -0.05) is 0 Å². The van der Waals surface area contributed by atoms with Crippen LogP contribution in [0.15, 0.2) is 0 Å². The average Bonchev–Trinajstić information content (AvgIpc) is 1.00. The fourth-order valence-corrected chi connectivity index (χ4v) is 0. The molecule has 0 atom stereocenters. The molecule has 0 amide bonds. The predicted octanol–water partition coefficient (Wildman–Crippen LogP) is -2.90. The van der Waals surface area contributed by atoms with Crippen LogP contribution in [0.2, 0.25) is 0 Å². The second-order valence-corrected chi connectivity index (χ2v) is 0. The predicted molar refractivity (Wildman–Crippen MR) is 4.97 cm³/mol. The van der Waals surface area contributed by atoms with Gasteiger partial charge in [-0.3, -0.25) is 0 Å². The maximum atomic E-state index is 6.25. The van der Waals surface area contributed by atoms with E-state index in [1.807, 2.05) is 0 Å². The topological polar surface area (TPSA) is 23.8 Å². The van der Waals surface area contributed by atoms with Gasteiger partial charge in [0.2, 0.25) is 0 Å². The van der Waals surface area contributed by atoms with Crippen LogP contribution in [0.25, 0.3) is 0 Å². The molecule has 0 aromatic rings. The van der Waals surface area contributed by atoms with Crippen LogP contribution in [-0.2, 0) is 19.5 Å². The summed E-state index contributed by atoms with van der Waals surface area (Å²) in [7, 11) is 0. The maximum absolute atomic E-state index is 6.25. The van der Waals surface area contributed by atoms with Crippen molar-refractivity contribution < 1.29 is 49.0 Å². The van der Waals surface area contributed by atoms with Crippen LogP contribution in [0.1, 0.15) is 0 Å². The molecule has 0 N–H and O–H groups in total. The van der Waals surface area contributed by atoms with Gasteiger partial charge in [-0.05, 0) is 0 Å². The Labute approximate surface area is 60.4 Å². The van der Waals surface area contributed by atoms with E-state index >= 15 is 0 Å². The number of rotatable bonds is 0. The van der Waals surface area contributed by atoms with Gasteiger partial charge in [0, 0.05) is 0 Å². The Morgan fingerprint density at radius 1 is 1.25 bits per heavy atom.